The monoisotopic (exact) mass is 376 g/mol. The number of Topliss-reactive ketones (excluding diaryl/α,β-unsaturated/α-hetero) is 1. The number of carbonyl (C=O) groups is 2. The van der Waals surface area contributed by atoms with Crippen molar-refractivity contribution in [3.63, 3.8) is 0 Å². The predicted octanol–water partition coefficient (Wildman–Crippen LogP) is 4.14. The Morgan fingerprint density at radius 3 is 2.22 bits per heavy atom. The van der Waals surface area contributed by atoms with E-state index in [9.17, 15) is 14.7 Å². The van der Waals surface area contributed by atoms with E-state index in [4.69, 9.17) is 4.74 Å². The second-order valence-corrected chi connectivity index (χ2v) is 10.6. The fourth-order valence-electron chi connectivity index (χ4n) is 8.26. The molecule has 0 radical (unpaired) electrons. The van der Waals surface area contributed by atoms with Gasteiger partial charge < -0.3 is 9.84 Å². The summed E-state index contributed by atoms with van der Waals surface area (Å²) in [5.74, 6) is 2.35. The summed E-state index contributed by atoms with van der Waals surface area (Å²) in [7, 11) is 0. The Bertz CT molecular complexity index is 630. The topological polar surface area (TPSA) is 63.6 Å². The Labute approximate surface area is 163 Å². The number of aliphatic hydroxyl groups excluding tert-OH is 1. The lowest BCUT2D eigenvalue weighted by Gasteiger charge is -2.62. The summed E-state index contributed by atoms with van der Waals surface area (Å²) < 4.78 is 5.86. The third-order valence-corrected chi connectivity index (χ3v) is 9.43. The van der Waals surface area contributed by atoms with Crippen LogP contribution in [0, 0.1) is 40.4 Å². The quantitative estimate of drug-likeness (QED) is 0.736. The molecule has 4 nitrogen and oxygen atoms in total. The van der Waals surface area contributed by atoms with Crippen molar-refractivity contribution in [3.8, 4) is 0 Å². The van der Waals surface area contributed by atoms with Gasteiger partial charge in [0.25, 0.3) is 0 Å². The van der Waals surface area contributed by atoms with Crippen LogP contribution in [0.2, 0.25) is 0 Å². The van der Waals surface area contributed by atoms with Gasteiger partial charge in [-0.2, -0.15) is 0 Å². The van der Waals surface area contributed by atoms with E-state index < -0.39 is 0 Å². The van der Waals surface area contributed by atoms with Crippen molar-refractivity contribution in [2.24, 2.45) is 40.4 Å². The van der Waals surface area contributed by atoms with E-state index in [2.05, 4.69) is 13.8 Å². The molecule has 0 bridgehead atoms. The molecular formula is C23H36O4. The molecule has 4 fully saturated rings. The van der Waals surface area contributed by atoms with E-state index in [-0.39, 0.29) is 40.8 Å². The van der Waals surface area contributed by atoms with Crippen LogP contribution in [0.4, 0.5) is 0 Å². The number of rotatable bonds is 2. The highest BCUT2D eigenvalue weighted by Crippen LogP contribution is 2.67. The fourth-order valence-corrected chi connectivity index (χ4v) is 8.26. The van der Waals surface area contributed by atoms with Crippen LogP contribution in [-0.4, -0.2) is 29.1 Å². The summed E-state index contributed by atoms with van der Waals surface area (Å²) in [6.45, 7) is 8.03. The first-order valence-corrected chi connectivity index (χ1v) is 11.0. The van der Waals surface area contributed by atoms with Crippen LogP contribution in [0.1, 0.15) is 79.1 Å². The molecule has 0 aromatic rings. The van der Waals surface area contributed by atoms with E-state index in [1.54, 1.807) is 6.92 Å². The molecule has 0 unspecified atom stereocenters. The zero-order chi connectivity index (χ0) is 19.6. The standard InChI is InChI=1S/C23H36O4/c1-13(24)17-5-6-18-16-12-21(27-14(2)25)20-11-15(26)7-9-23(20,4)19(16)8-10-22(17,18)3/h15-21,26H,5-12H2,1-4H3/t15-,16+,17-,18+,19+,20-,21+,22-,23-/m1/s1. The lowest BCUT2D eigenvalue weighted by Crippen LogP contribution is -2.59. The Morgan fingerprint density at radius 2 is 1.56 bits per heavy atom. The average Bonchev–Trinajstić information content (AvgIpc) is 2.93. The highest BCUT2D eigenvalue weighted by Gasteiger charge is 2.63. The van der Waals surface area contributed by atoms with Gasteiger partial charge in [0, 0.05) is 18.8 Å². The van der Waals surface area contributed by atoms with E-state index in [0.29, 0.717) is 23.5 Å². The third kappa shape index (κ3) is 2.89. The number of ketones is 1. The Balaban J connectivity index is 1.68. The first kappa shape index (κ1) is 19.4. The van der Waals surface area contributed by atoms with E-state index >= 15 is 0 Å². The minimum absolute atomic E-state index is 0.0811. The van der Waals surface area contributed by atoms with Gasteiger partial charge in [0.15, 0.2) is 0 Å². The van der Waals surface area contributed by atoms with Crippen molar-refractivity contribution >= 4 is 11.8 Å². The minimum Gasteiger partial charge on any atom is -0.462 e. The molecule has 27 heavy (non-hydrogen) atoms. The van der Waals surface area contributed by atoms with Crippen LogP contribution >= 0.6 is 0 Å². The molecule has 4 saturated carbocycles. The Kier molecular flexibility index (Phi) is 4.73. The number of hydrogen-bond donors (Lipinski definition) is 1. The molecule has 0 spiro atoms. The number of esters is 1. The first-order chi connectivity index (χ1) is 12.7. The number of carbonyl (C=O) groups excluding carboxylic acids is 2. The molecule has 4 rings (SSSR count). The Hall–Kier alpha value is -0.900. The number of fused-ring (bicyclic) bond motifs is 5. The lowest BCUT2D eigenvalue weighted by molar-refractivity contribution is -0.191. The summed E-state index contributed by atoms with van der Waals surface area (Å²) in [5.41, 5.74) is 0.253. The van der Waals surface area contributed by atoms with Crippen LogP contribution in [0.15, 0.2) is 0 Å². The molecule has 0 aromatic heterocycles. The summed E-state index contributed by atoms with van der Waals surface area (Å²) >= 11 is 0. The van der Waals surface area contributed by atoms with Gasteiger partial charge in [0.1, 0.15) is 11.9 Å². The first-order valence-electron chi connectivity index (χ1n) is 11.0. The zero-order valence-corrected chi connectivity index (χ0v) is 17.4. The van der Waals surface area contributed by atoms with Gasteiger partial charge in [-0.05, 0) is 86.9 Å². The van der Waals surface area contributed by atoms with E-state index in [1.165, 1.54) is 13.3 Å². The third-order valence-electron chi connectivity index (χ3n) is 9.43. The van der Waals surface area contributed by atoms with Gasteiger partial charge in [-0.3, -0.25) is 9.59 Å². The van der Waals surface area contributed by atoms with Crippen LogP contribution in [-0.2, 0) is 14.3 Å². The van der Waals surface area contributed by atoms with Crippen LogP contribution in [0.25, 0.3) is 0 Å². The number of hydrogen-bond acceptors (Lipinski definition) is 4. The molecule has 9 atom stereocenters. The highest BCUT2D eigenvalue weighted by atomic mass is 16.5. The number of aliphatic hydroxyl groups is 1. The molecule has 4 aliphatic rings. The van der Waals surface area contributed by atoms with Crippen molar-refractivity contribution < 1.29 is 19.4 Å². The maximum atomic E-state index is 12.3. The molecule has 1 N–H and O–H groups in total. The molecule has 0 heterocycles. The van der Waals surface area contributed by atoms with E-state index in [0.717, 1.165) is 44.9 Å². The van der Waals surface area contributed by atoms with Gasteiger partial charge in [-0.15, -0.1) is 0 Å². The van der Waals surface area contributed by atoms with Gasteiger partial charge >= 0.3 is 5.97 Å². The molecular weight excluding hydrogens is 340 g/mol. The van der Waals surface area contributed by atoms with Crippen molar-refractivity contribution in [2.75, 3.05) is 0 Å². The summed E-state index contributed by atoms with van der Waals surface area (Å²) in [6.07, 6.45) is 7.71. The average molecular weight is 377 g/mol. The van der Waals surface area contributed by atoms with Crippen LogP contribution in [0.3, 0.4) is 0 Å². The predicted molar refractivity (Wildman–Crippen MR) is 103 cm³/mol. The lowest BCUT2D eigenvalue weighted by atomic mass is 9.44. The molecule has 0 amide bonds. The van der Waals surface area contributed by atoms with Crippen molar-refractivity contribution in [1.82, 2.24) is 0 Å². The summed E-state index contributed by atoms with van der Waals surface area (Å²) in [6, 6.07) is 0. The highest BCUT2D eigenvalue weighted by molar-refractivity contribution is 5.79. The largest absolute Gasteiger partial charge is 0.462 e. The van der Waals surface area contributed by atoms with Gasteiger partial charge in [0.05, 0.1) is 6.10 Å². The Morgan fingerprint density at radius 1 is 0.889 bits per heavy atom. The molecule has 152 valence electrons. The molecule has 0 saturated heterocycles. The maximum Gasteiger partial charge on any atom is 0.302 e. The second kappa shape index (κ2) is 6.57. The molecule has 4 heteroatoms. The SMILES string of the molecule is CC(=O)O[C@H]1C[C@@H]2[C@H](CC[C@]3(C)[C@@H](C(C)=O)CC[C@@H]23)[C@@]2(C)CC[C@@H](O)C[C@H]12. The minimum atomic E-state index is -0.264. The summed E-state index contributed by atoms with van der Waals surface area (Å²) in [5, 5.41) is 10.3. The second-order valence-electron chi connectivity index (χ2n) is 10.6. The molecule has 0 aliphatic heterocycles. The van der Waals surface area contributed by atoms with Gasteiger partial charge in [-0.1, -0.05) is 13.8 Å². The molecule has 0 aromatic carbocycles. The normalized spacial score (nSPS) is 51.7. The zero-order valence-electron chi connectivity index (χ0n) is 17.4. The number of ether oxygens (including phenoxy) is 1. The smallest absolute Gasteiger partial charge is 0.302 e. The van der Waals surface area contributed by atoms with Crippen molar-refractivity contribution in [3.05, 3.63) is 0 Å². The van der Waals surface area contributed by atoms with Crippen molar-refractivity contribution in [1.29, 1.82) is 0 Å². The fraction of sp³-hybridized carbons (Fsp3) is 0.913. The van der Waals surface area contributed by atoms with Crippen molar-refractivity contribution in [2.45, 2.75) is 91.3 Å². The van der Waals surface area contributed by atoms with E-state index in [1.807, 2.05) is 0 Å². The summed E-state index contributed by atoms with van der Waals surface area (Å²) in [4.78, 5) is 24.1. The van der Waals surface area contributed by atoms with Gasteiger partial charge in [-0.25, -0.2) is 0 Å². The van der Waals surface area contributed by atoms with Crippen LogP contribution < -0.4 is 0 Å². The van der Waals surface area contributed by atoms with Crippen LogP contribution in [0.5, 0.6) is 0 Å². The maximum absolute atomic E-state index is 12.3. The van der Waals surface area contributed by atoms with Gasteiger partial charge in [0.2, 0.25) is 0 Å². The molecule has 4 aliphatic carbocycles.